The fourth-order valence-electron chi connectivity index (χ4n) is 3.75. The van der Waals surface area contributed by atoms with Crippen LogP contribution < -0.4 is 14.4 Å². The van der Waals surface area contributed by atoms with Gasteiger partial charge in [0, 0.05) is 11.9 Å². The van der Waals surface area contributed by atoms with E-state index in [2.05, 4.69) is 5.32 Å². The topological polar surface area (TPSA) is 75.7 Å². The van der Waals surface area contributed by atoms with E-state index < -0.39 is 10.0 Å². The Morgan fingerprint density at radius 2 is 1.86 bits per heavy atom. The maximum Gasteiger partial charge on any atom is 0.265 e. The van der Waals surface area contributed by atoms with Crippen LogP contribution in [0.1, 0.15) is 11.1 Å². The highest BCUT2D eigenvalue weighted by Gasteiger charge is 2.36. The number of anilines is 1. The van der Waals surface area contributed by atoms with Crippen molar-refractivity contribution in [3.63, 3.8) is 0 Å². The molecule has 4 rings (SSSR count). The molecule has 1 heterocycles. The normalized spacial score (nSPS) is 14.2. The lowest BCUT2D eigenvalue weighted by atomic mass is 10.1. The molecule has 0 atom stereocenters. The summed E-state index contributed by atoms with van der Waals surface area (Å²) in [5.74, 6) is 0.430. The van der Waals surface area contributed by atoms with Gasteiger partial charge in [0.25, 0.3) is 10.0 Å². The number of carbonyl (C=O) groups excluding carboxylic acids is 1. The van der Waals surface area contributed by atoms with Gasteiger partial charge in [-0.1, -0.05) is 42.0 Å². The zero-order valence-corrected chi connectivity index (χ0v) is 17.1. The first-order chi connectivity index (χ1) is 13.9. The number of nitrogens with one attached hydrogen (secondary N) is 1. The fraction of sp³-hybridized carbons (Fsp3) is 0.227. The van der Waals surface area contributed by atoms with Crippen LogP contribution in [0.3, 0.4) is 0 Å². The van der Waals surface area contributed by atoms with Crippen LogP contribution in [0, 0.1) is 6.92 Å². The number of amides is 1. The number of hydrogen-bond acceptors (Lipinski definition) is 4. The summed E-state index contributed by atoms with van der Waals surface area (Å²) in [6.45, 7) is 2.14. The smallest absolute Gasteiger partial charge is 0.265 e. The van der Waals surface area contributed by atoms with E-state index in [1.165, 1.54) is 4.31 Å². The number of methoxy groups -OCH3 is 1. The number of benzene rings is 3. The molecule has 1 aliphatic heterocycles. The minimum atomic E-state index is -3.73. The van der Waals surface area contributed by atoms with Crippen molar-refractivity contribution in [2.24, 2.45) is 0 Å². The molecule has 3 aromatic carbocycles. The Morgan fingerprint density at radius 3 is 2.62 bits per heavy atom. The highest BCUT2D eigenvalue weighted by Crippen LogP contribution is 2.41. The Labute approximate surface area is 170 Å². The van der Waals surface area contributed by atoms with Gasteiger partial charge in [-0.2, -0.15) is 0 Å². The third-order valence-electron chi connectivity index (χ3n) is 5.12. The van der Waals surface area contributed by atoms with Gasteiger partial charge >= 0.3 is 0 Å². The molecule has 0 aromatic heterocycles. The summed E-state index contributed by atoms with van der Waals surface area (Å²) in [7, 11) is -2.12. The predicted octanol–water partition coefficient (Wildman–Crippen LogP) is 3.02. The highest BCUT2D eigenvalue weighted by molar-refractivity contribution is 7.93. The van der Waals surface area contributed by atoms with Crippen LogP contribution in [-0.4, -0.2) is 34.5 Å². The molecular weight excluding hydrogens is 388 g/mol. The Kier molecular flexibility index (Phi) is 4.92. The van der Waals surface area contributed by atoms with Gasteiger partial charge in [-0.3, -0.25) is 9.10 Å². The number of carbonyl (C=O) groups is 1. The van der Waals surface area contributed by atoms with Crippen LogP contribution in [0.15, 0.2) is 59.5 Å². The van der Waals surface area contributed by atoms with Crippen LogP contribution in [0.5, 0.6) is 5.75 Å². The lowest BCUT2D eigenvalue weighted by Crippen LogP contribution is -2.39. The van der Waals surface area contributed by atoms with E-state index >= 15 is 0 Å². The molecule has 0 unspecified atom stereocenters. The monoisotopic (exact) mass is 410 g/mol. The Bertz CT molecular complexity index is 1200. The van der Waals surface area contributed by atoms with E-state index in [1.54, 1.807) is 31.4 Å². The zero-order chi connectivity index (χ0) is 20.6. The maximum absolute atomic E-state index is 12.9. The first kappa shape index (κ1) is 19.3. The van der Waals surface area contributed by atoms with Crippen molar-refractivity contribution in [3.8, 4) is 5.75 Å². The maximum atomic E-state index is 12.9. The molecule has 6 nitrogen and oxygen atoms in total. The second-order valence-electron chi connectivity index (χ2n) is 7.06. The fourth-order valence-corrected chi connectivity index (χ4v) is 5.42. The second kappa shape index (κ2) is 7.40. The summed E-state index contributed by atoms with van der Waals surface area (Å²) in [5, 5.41) is 4.34. The van der Waals surface area contributed by atoms with Crippen LogP contribution in [0.2, 0.25) is 0 Å². The van der Waals surface area contributed by atoms with E-state index in [9.17, 15) is 13.2 Å². The number of aryl methyl sites for hydroxylation is 1. The standard InChI is InChI=1S/C22H22N2O4S/c1-15-9-10-19(28-2)17(13-15)11-12-23-21(25)14-24-18-7-3-5-16-6-4-8-20(22(16)18)29(24,26)27/h3-10,13H,11-12,14H2,1-2H3,(H,23,25). The van der Waals surface area contributed by atoms with E-state index in [1.807, 2.05) is 37.3 Å². The van der Waals surface area contributed by atoms with Crippen LogP contribution >= 0.6 is 0 Å². The largest absolute Gasteiger partial charge is 0.496 e. The Hall–Kier alpha value is -3.06. The second-order valence-corrected chi connectivity index (χ2v) is 8.89. The summed E-state index contributed by atoms with van der Waals surface area (Å²) in [5.41, 5.74) is 2.66. The highest BCUT2D eigenvalue weighted by atomic mass is 32.2. The van der Waals surface area contributed by atoms with Gasteiger partial charge in [0.1, 0.15) is 12.3 Å². The Morgan fingerprint density at radius 1 is 1.10 bits per heavy atom. The molecule has 0 saturated heterocycles. The van der Waals surface area contributed by atoms with Gasteiger partial charge in [0.05, 0.1) is 17.7 Å². The van der Waals surface area contributed by atoms with Crippen LogP contribution in [0.25, 0.3) is 10.8 Å². The van der Waals surface area contributed by atoms with Gasteiger partial charge in [0.2, 0.25) is 5.91 Å². The number of sulfonamides is 1. The van der Waals surface area contributed by atoms with Crippen molar-refractivity contribution in [1.82, 2.24) is 5.32 Å². The molecule has 7 heteroatoms. The van der Waals surface area contributed by atoms with Crippen molar-refractivity contribution in [3.05, 3.63) is 65.7 Å². The zero-order valence-electron chi connectivity index (χ0n) is 16.3. The summed E-state index contributed by atoms with van der Waals surface area (Å²) in [4.78, 5) is 12.8. The molecule has 150 valence electrons. The van der Waals surface area contributed by atoms with E-state index in [4.69, 9.17) is 4.74 Å². The SMILES string of the molecule is COc1ccc(C)cc1CCNC(=O)CN1c2cccc3cccc(c23)S1(=O)=O. The van der Waals surface area contributed by atoms with E-state index in [-0.39, 0.29) is 17.3 Å². The number of hydrogen-bond donors (Lipinski definition) is 1. The third-order valence-corrected chi connectivity index (χ3v) is 6.92. The van der Waals surface area contributed by atoms with Gasteiger partial charge in [-0.05, 0) is 42.5 Å². The van der Waals surface area contributed by atoms with E-state index in [0.717, 1.165) is 22.3 Å². The molecule has 3 aromatic rings. The predicted molar refractivity (Wildman–Crippen MR) is 113 cm³/mol. The summed E-state index contributed by atoms with van der Waals surface area (Å²) in [6.07, 6.45) is 0.596. The summed E-state index contributed by atoms with van der Waals surface area (Å²) < 4.78 is 32.4. The molecule has 0 aliphatic carbocycles. The van der Waals surface area contributed by atoms with E-state index in [0.29, 0.717) is 24.0 Å². The summed E-state index contributed by atoms with van der Waals surface area (Å²) in [6, 6.07) is 16.5. The van der Waals surface area contributed by atoms with Crippen LogP contribution in [0.4, 0.5) is 5.69 Å². The molecule has 29 heavy (non-hydrogen) atoms. The average molecular weight is 410 g/mol. The van der Waals surface area contributed by atoms with Gasteiger partial charge in [0.15, 0.2) is 0 Å². The third kappa shape index (κ3) is 3.42. The van der Waals surface area contributed by atoms with Crippen molar-refractivity contribution >= 4 is 32.4 Å². The summed E-state index contributed by atoms with van der Waals surface area (Å²) >= 11 is 0. The minimum absolute atomic E-state index is 0.249. The van der Waals surface area contributed by atoms with Crippen molar-refractivity contribution in [2.45, 2.75) is 18.2 Å². The van der Waals surface area contributed by atoms with Crippen LogP contribution in [-0.2, 0) is 21.2 Å². The molecule has 0 radical (unpaired) electrons. The number of ether oxygens (including phenoxy) is 1. The molecule has 1 N–H and O–H groups in total. The molecule has 0 saturated carbocycles. The molecule has 0 fully saturated rings. The van der Waals surface area contributed by atoms with Crippen molar-refractivity contribution in [1.29, 1.82) is 0 Å². The molecule has 1 amide bonds. The van der Waals surface area contributed by atoms with Gasteiger partial charge in [-0.15, -0.1) is 0 Å². The lowest BCUT2D eigenvalue weighted by Gasteiger charge is -2.18. The first-order valence-electron chi connectivity index (χ1n) is 9.36. The van der Waals surface area contributed by atoms with Gasteiger partial charge < -0.3 is 10.1 Å². The van der Waals surface area contributed by atoms with Crippen molar-refractivity contribution in [2.75, 3.05) is 24.5 Å². The Balaban J connectivity index is 1.47. The number of rotatable bonds is 6. The molecular formula is C22H22N2O4S. The lowest BCUT2D eigenvalue weighted by molar-refractivity contribution is -0.119. The first-order valence-corrected chi connectivity index (χ1v) is 10.8. The molecule has 0 bridgehead atoms. The quantitative estimate of drug-likeness (QED) is 0.678. The average Bonchev–Trinajstić information content (AvgIpc) is 2.92. The molecule has 0 spiro atoms. The van der Waals surface area contributed by atoms with Crippen molar-refractivity contribution < 1.29 is 17.9 Å². The molecule has 1 aliphatic rings. The number of nitrogens with zero attached hydrogens (tertiary/aromatic N) is 1. The minimum Gasteiger partial charge on any atom is -0.496 e. The van der Waals surface area contributed by atoms with Gasteiger partial charge in [-0.25, -0.2) is 8.42 Å².